The molecule has 0 N–H and O–H groups in total. The predicted molar refractivity (Wildman–Crippen MR) is 46.2 cm³/mol. The quantitative estimate of drug-likeness (QED) is 0.586. The number of allylic oxidation sites excluding steroid dienone is 1. The average molecular weight is 158 g/mol. The first-order valence-corrected chi connectivity index (χ1v) is 4.06. The number of hydrogen-bond donors (Lipinski definition) is 0. The van der Waals surface area contributed by atoms with Gasteiger partial charge in [0, 0.05) is 0 Å². The topological polar surface area (TPSA) is 18.5 Å². The zero-order valence-electron chi connectivity index (χ0n) is 8.05. The fourth-order valence-electron chi connectivity index (χ4n) is 0.628. The molecule has 2 nitrogen and oxygen atoms in total. The van der Waals surface area contributed by atoms with Gasteiger partial charge >= 0.3 is 0 Å². The van der Waals surface area contributed by atoms with E-state index in [0.29, 0.717) is 5.95 Å². The van der Waals surface area contributed by atoms with Crippen LogP contribution in [-0.2, 0) is 9.47 Å². The maximum atomic E-state index is 5.35. The minimum Gasteiger partial charge on any atom is -0.463 e. The van der Waals surface area contributed by atoms with E-state index in [9.17, 15) is 0 Å². The lowest BCUT2D eigenvalue weighted by molar-refractivity contribution is -0.0177. The van der Waals surface area contributed by atoms with E-state index in [4.69, 9.17) is 9.47 Å². The Hall–Kier alpha value is -0.660. The maximum absolute atomic E-state index is 5.35. The summed E-state index contributed by atoms with van der Waals surface area (Å²) in [5, 5.41) is 0. The van der Waals surface area contributed by atoms with E-state index in [-0.39, 0.29) is 12.2 Å². The van der Waals surface area contributed by atoms with Gasteiger partial charge in [0.2, 0.25) is 0 Å². The van der Waals surface area contributed by atoms with Crippen molar-refractivity contribution in [2.75, 3.05) is 0 Å². The second-order valence-corrected chi connectivity index (χ2v) is 2.94. The Morgan fingerprint density at radius 2 is 1.36 bits per heavy atom. The molecule has 66 valence electrons. The van der Waals surface area contributed by atoms with E-state index in [0.717, 1.165) is 0 Å². The highest BCUT2D eigenvalue weighted by Crippen LogP contribution is 2.06. The van der Waals surface area contributed by atoms with Crippen LogP contribution < -0.4 is 0 Å². The SMILES string of the molecule is CC=C(OC(C)C)OC(C)C. The molecule has 0 unspecified atom stereocenters. The van der Waals surface area contributed by atoms with Crippen molar-refractivity contribution in [3.8, 4) is 0 Å². The Kier molecular flexibility index (Phi) is 4.75. The van der Waals surface area contributed by atoms with Gasteiger partial charge in [-0.25, -0.2) is 0 Å². The molecule has 0 aliphatic heterocycles. The van der Waals surface area contributed by atoms with E-state index in [2.05, 4.69) is 0 Å². The van der Waals surface area contributed by atoms with E-state index < -0.39 is 0 Å². The summed E-state index contributed by atoms with van der Waals surface area (Å²) >= 11 is 0. The molecule has 0 rings (SSSR count). The molecule has 0 aliphatic rings. The minimum atomic E-state index is 0.181. The molecular weight excluding hydrogens is 140 g/mol. The smallest absolute Gasteiger partial charge is 0.275 e. The number of ether oxygens (including phenoxy) is 2. The highest BCUT2D eigenvalue weighted by Gasteiger charge is 2.02. The van der Waals surface area contributed by atoms with Gasteiger partial charge in [-0.3, -0.25) is 0 Å². The van der Waals surface area contributed by atoms with Crippen molar-refractivity contribution in [1.82, 2.24) is 0 Å². The lowest BCUT2D eigenvalue weighted by Gasteiger charge is -2.16. The Labute approximate surface area is 69.2 Å². The molecule has 11 heavy (non-hydrogen) atoms. The summed E-state index contributed by atoms with van der Waals surface area (Å²) in [6.45, 7) is 9.82. The number of hydrogen-bond acceptors (Lipinski definition) is 2. The van der Waals surface area contributed by atoms with Gasteiger partial charge in [-0.2, -0.15) is 0 Å². The second-order valence-electron chi connectivity index (χ2n) is 2.94. The maximum Gasteiger partial charge on any atom is 0.275 e. The molecule has 0 fully saturated rings. The van der Waals surface area contributed by atoms with Crippen LogP contribution in [0.25, 0.3) is 0 Å². The van der Waals surface area contributed by atoms with Crippen molar-refractivity contribution < 1.29 is 9.47 Å². The summed E-state index contributed by atoms with van der Waals surface area (Å²) in [7, 11) is 0. The number of rotatable bonds is 4. The molecule has 0 spiro atoms. The molecular formula is C9H18O2. The molecule has 0 aromatic carbocycles. The summed E-state index contributed by atoms with van der Waals surface area (Å²) in [6, 6.07) is 0. The average Bonchev–Trinajstić information content (AvgIpc) is 1.84. The second kappa shape index (κ2) is 5.05. The molecule has 0 aromatic rings. The first-order chi connectivity index (χ1) is 5.06. The summed E-state index contributed by atoms with van der Waals surface area (Å²) in [4.78, 5) is 0. The molecule has 0 bridgehead atoms. The largest absolute Gasteiger partial charge is 0.463 e. The Bertz CT molecular complexity index is 114. The lowest BCUT2D eigenvalue weighted by Crippen LogP contribution is -2.09. The van der Waals surface area contributed by atoms with Gasteiger partial charge in [0.1, 0.15) is 0 Å². The van der Waals surface area contributed by atoms with Gasteiger partial charge in [-0.1, -0.05) is 0 Å². The Balaban J connectivity index is 3.79. The van der Waals surface area contributed by atoms with Gasteiger partial charge in [0.15, 0.2) is 0 Å². The van der Waals surface area contributed by atoms with Crippen LogP contribution in [0, 0.1) is 0 Å². The third-order valence-corrected chi connectivity index (χ3v) is 0.939. The normalized spacial score (nSPS) is 10.1. The van der Waals surface area contributed by atoms with Crippen LogP contribution in [-0.4, -0.2) is 12.2 Å². The summed E-state index contributed by atoms with van der Waals surface area (Å²) in [5.74, 6) is 0.620. The fraction of sp³-hybridized carbons (Fsp3) is 0.778. The summed E-state index contributed by atoms with van der Waals surface area (Å²) in [5.41, 5.74) is 0. The van der Waals surface area contributed by atoms with Gasteiger partial charge in [0.05, 0.1) is 12.2 Å². The zero-order chi connectivity index (χ0) is 8.85. The van der Waals surface area contributed by atoms with Crippen molar-refractivity contribution in [2.45, 2.75) is 46.8 Å². The van der Waals surface area contributed by atoms with Crippen molar-refractivity contribution in [3.63, 3.8) is 0 Å². The minimum absolute atomic E-state index is 0.181. The Morgan fingerprint density at radius 1 is 1.00 bits per heavy atom. The molecule has 0 amide bonds. The van der Waals surface area contributed by atoms with E-state index in [1.54, 1.807) is 0 Å². The van der Waals surface area contributed by atoms with Crippen LogP contribution in [0.1, 0.15) is 34.6 Å². The van der Waals surface area contributed by atoms with E-state index in [1.807, 2.05) is 40.7 Å². The van der Waals surface area contributed by atoms with Crippen molar-refractivity contribution in [1.29, 1.82) is 0 Å². The monoisotopic (exact) mass is 158 g/mol. The highest BCUT2D eigenvalue weighted by atomic mass is 16.7. The van der Waals surface area contributed by atoms with Gasteiger partial charge in [0.25, 0.3) is 5.95 Å². The van der Waals surface area contributed by atoms with Crippen LogP contribution in [0.5, 0.6) is 0 Å². The van der Waals surface area contributed by atoms with Crippen LogP contribution in [0.2, 0.25) is 0 Å². The third-order valence-electron chi connectivity index (χ3n) is 0.939. The van der Waals surface area contributed by atoms with Gasteiger partial charge in [-0.05, 0) is 40.7 Å². The molecule has 0 heterocycles. The lowest BCUT2D eigenvalue weighted by atomic mass is 10.5. The summed E-state index contributed by atoms with van der Waals surface area (Å²) < 4.78 is 10.7. The van der Waals surface area contributed by atoms with Crippen LogP contribution in [0.4, 0.5) is 0 Å². The summed E-state index contributed by atoms with van der Waals surface area (Å²) in [6.07, 6.45) is 2.19. The molecule has 0 aliphatic carbocycles. The molecule has 0 aromatic heterocycles. The van der Waals surface area contributed by atoms with Crippen molar-refractivity contribution in [3.05, 3.63) is 12.0 Å². The highest BCUT2D eigenvalue weighted by molar-refractivity contribution is 4.80. The predicted octanol–water partition coefficient (Wildman–Crippen LogP) is 2.70. The fourth-order valence-corrected chi connectivity index (χ4v) is 0.628. The first kappa shape index (κ1) is 10.3. The molecule has 0 atom stereocenters. The van der Waals surface area contributed by atoms with Crippen LogP contribution in [0.15, 0.2) is 12.0 Å². The molecule has 0 radical (unpaired) electrons. The Morgan fingerprint density at radius 3 is 1.55 bits per heavy atom. The first-order valence-electron chi connectivity index (χ1n) is 4.06. The van der Waals surface area contributed by atoms with Gasteiger partial charge in [-0.15, -0.1) is 0 Å². The van der Waals surface area contributed by atoms with Crippen LogP contribution in [0.3, 0.4) is 0 Å². The third kappa shape index (κ3) is 5.77. The molecule has 2 heteroatoms. The molecule has 0 saturated heterocycles. The van der Waals surface area contributed by atoms with E-state index >= 15 is 0 Å². The zero-order valence-corrected chi connectivity index (χ0v) is 8.05. The van der Waals surface area contributed by atoms with Crippen molar-refractivity contribution >= 4 is 0 Å². The van der Waals surface area contributed by atoms with Gasteiger partial charge < -0.3 is 9.47 Å². The van der Waals surface area contributed by atoms with Crippen molar-refractivity contribution in [2.24, 2.45) is 0 Å². The molecule has 0 saturated carbocycles. The van der Waals surface area contributed by atoms with E-state index in [1.165, 1.54) is 0 Å². The standard InChI is InChI=1S/C9H18O2/c1-6-9(10-7(2)3)11-8(4)5/h6-8H,1-5H3. The van der Waals surface area contributed by atoms with Crippen LogP contribution >= 0.6 is 0 Å².